The summed E-state index contributed by atoms with van der Waals surface area (Å²) in [5.74, 6) is 1.46. The maximum absolute atomic E-state index is 12.4. The summed E-state index contributed by atoms with van der Waals surface area (Å²) in [6.45, 7) is 1.68. The van der Waals surface area contributed by atoms with Crippen LogP contribution in [0.2, 0.25) is 0 Å². The lowest BCUT2D eigenvalue weighted by Crippen LogP contribution is -2.46. The van der Waals surface area contributed by atoms with Gasteiger partial charge in [0, 0.05) is 20.0 Å². The standard InChI is InChI=1S/C18H24N2O4/c1-19(18(22)12-20-10-6-2-3-9-17(20)21)11-14-13-23-15-7-4-5-8-16(15)24-14/h4-5,7-8,14H,2-3,6,9-13H2,1H3. The predicted molar refractivity (Wildman–Crippen MR) is 89.0 cm³/mol. The quantitative estimate of drug-likeness (QED) is 0.842. The average Bonchev–Trinajstić information content (AvgIpc) is 2.79. The van der Waals surface area contributed by atoms with E-state index in [9.17, 15) is 9.59 Å². The van der Waals surface area contributed by atoms with Crippen LogP contribution in [0.5, 0.6) is 11.5 Å². The van der Waals surface area contributed by atoms with Gasteiger partial charge in [-0.2, -0.15) is 0 Å². The second kappa shape index (κ2) is 7.55. The van der Waals surface area contributed by atoms with Gasteiger partial charge in [-0.3, -0.25) is 9.59 Å². The summed E-state index contributed by atoms with van der Waals surface area (Å²) in [6.07, 6.45) is 3.30. The number of nitrogens with zero attached hydrogens (tertiary/aromatic N) is 2. The number of likely N-dealkylation sites (tertiary alicyclic amines) is 1. The monoisotopic (exact) mass is 332 g/mol. The molecule has 6 heteroatoms. The number of para-hydroxylation sites is 2. The number of carbonyl (C=O) groups excluding carboxylic acids is 2. The Labute approximate surface area is 142 Å². The third-order valence-corrected chi connectivity index (χ3v) is 4.47. The Morgan fingerprint density at radius 2 is 2.04 bits per heavy atom. The highest BCUT2D eigenvalue weighted by Crippen LogP contribution is 2.30. The molecule has 1 saturated heterocycles. The Morgan fingerprint density at radius 3 is 2.88 bits per heavy atom. The number of likely N-dealkylation sites (N-methyl/N-ethyl adjacent to an activating group) is 1. The Hall–Kier alpha value is -2.24. The number of hydrogen-bond acceptors (Lipinski definition) is 4. The third kappa shape index (κ3) is 3.99. The van der Waals surface area contributed by atoms with Gasteiger partial charge in [0.1, 0.15) is 6.61 Å². The average molecular weight is 332 g/mol. The Bertz CT molecular complexity index is 604. The fourth-order valence-corrected chi connectivity index (χ4v) is 3.05. The molecule has 1 aromatic carbocycles. The zero-order valence-corrected chi connectivity index (χ0v) is 14.1. The molecule has 1 unspecified atom stereocenters. The Balaban J connectivity index is 1.52. The number of amides is 2. The number of benzene rings is 1. The van der Waals surface area contributed by atoms with Crippen LogP contribution in [0.25, 0.3) is 0 Å². The summed E-state index contributed by atoms with van der Waals surface area (Å²) in [5, 5.41) is 0. The van der Waals surface area contributed by atoms with E-state index in [4.69, 9.17) is 9.47 Å². The van der Waals surface area contributed by atoms with E-state index in [1.807, 2.05) is 24.3 Å². The topological polar surface area (TPSA) is 59.1 Å². The number of fused-ring (bicyclic) bond motifs is 1. The molecular formula is C18H24N2O4. The molecule has 2 heterocycles. The fraction of sp³-hybridized carbons (Fsp3) is 0.556. The van der Waals surface area contributed by atoms with Gasteiger partial charge in [0.2, 0.25) is 11.8 Å². The summed E-state index contributed by atoms with van der Waals surface area (Å²) in [5.41, 5.74) is 0. The summed E-state index contributed by atoms with van der Waals surface area (Å²) in [6, 6.07) is 7.52. The van der Waals surface area contributed by atoms with Crippen molar-refractivity contribution in [1.29, 1.82) is 0 Å². The van der Waals surface area contributed by atoms with Gasteiger partial charge in [-0.15, -0.1) is 0 Å². The third-order valence-electron chi connectivity index (χ3n) is 4.47. The van der Waals surface area contributed by atoms with Crippen LogP contribution in [-0.4, -0.2) is 61.0 Å². The van der Waals surface area contributed by atoms with Crippen molar-refractivity contribution in [1.82, 2.24) is 9.80 Å². The molecule has 24 heavy (non-hydrogen) atoms. The van der Waals surface area contributed by atoms with Crippen LogP contribution in [0.1, 0.15) is 25.7 Å². The maximum atomic E-state index is 12.4. The van der Waals surface area contributed by atoms with Gasteiger partial charge in [0.05, 0.1) is 13.1 Å². The van der Waals surface area contributed by atoms with Crippen molar-refractivity contribution in [3.63, 3.8) is 0 Å². The van der Waals surface area contributed by atoms with Crippen LogP contribution in [0, 0.1) is 0 Å². The smallest absolute Gasteiger partial charge is 0.242 e. The van der Waals surface area contributed by atoms with E-state index in [1.165, 1.54) is 0 Å². The van der Waals surface area contributed by atoms with Gasteiger partial charge in [0.25, 0.3) is 0 Å². The highest BCUT2D eigenvalue weighted by atomic mass is 16.6. The largest absolute Gasteiger partial charge is 0.486 e. The van der Waals surface area contributed by atoms with Crippen LogP contribution in [0.4, 0.5) is 0 Å². The molecule has 6 nitrogen and oxygen atoms in total. The minimum atomic E-state index is -0.200. The summed E-state index contributed by atoms with van der Waals surface area (Å²) in [7, 11) is 1.74. The molecule has 0 aliphatic carbocycles. The van der Waals surface area contributed by atoms with Crippen LogP contribution in [0.15, 0.2) is 24.3 Å². The van der Waals surface area contributed by atoms with Crippen molar-refractivity contribution in [3.8, 4) is 11.5 Å². The second-order valence-corrected chi connectivity index (χ2v) is 6.40. The first-order valence-electron chi connectivity index (χ1n) is 8.53. The molecule has 1 fully saturated rings. The van der Waals surface area contributed by atoms with Crippen LogP contribution < -0.4 is 9.47 Å². The SMILES string of the molecule is CN(CC1COc2ccccc2O1)C(=O)CN1CCCCCC1=O. The van der Waals surface area contributed by atoms with Crippen molar-refractivity contribution in [2.24, 2.45) is 0 Å². The normalized spacial score (nSPS) is 20.5. The molecule has 0 spiro atoms. The number of ether oxygens (including phenoxy) is 2. The fourth-order valence-electron chi connectivity index (χ4n) is 3.05. The van der Waals surface area contributed by atoms with Crippen molar-refractivity contribution >= 4 is 11.8 Å². The molecule has 1 atom stereocenters. The highest BCUT2D eigenvalue weighted by molar-refractivity contribution is 5.84. The van der Waals surface area contributed by atoms with E-state index in [0.717, 1.165) is 25.0 Å². The predicted octanol–water partition coefficient (Wildman–Crippen LogP) is 1.69. The van der Waals surface area contributed by atoms with E-state index in [-0.39, 0.29) is 24.5 Å². The summed E-state index contributed by atoms with van der Waals surface area (Å²) in [4.78, 5) is 27.7. The van der Waals surface area contributed by atoms with Gasteiger partial charge >= 0.3 is 0 Å². The molecule has 0 radical (unpaired) electrons. The lowest BCUT2D eigenvalue weighted by atomic mass is 10.2. The van der Waals surface area contributed by atoms with Crippen molar-refractivity contribution < 1.29 is 19.1 Å². The van der Waals surface area contributed by atoms with Gasteiger partial charge in [-0.1, -0.05) is 18.6 Å². The van der Waals surface area contributed by atoms with Crippen molar-refractivity contribution in [3.05, 3.63) is 24.3 Å². The zero-order valence-electron chi connectivity index (χ0n) is 14.1. The molecule has 0 N–H and O–H groups in total. The van der Waals surface area contributed by atoms with Gasteiger partial charge in [0.15, 0.2) is 17.6 Å². The zero-order chi connectivity index (χ0) is 16.9. The number of carbonyl (C=O) groups is 2. The Kier molecular flexibility index (Phi) is 5.23. The molecule has 0 bridgehead atoms. The van der Waals surface area contributed by atoms with E-state index in [1.54, 1.807) is 16.8 Å². The molecule has 2 aliphatic rings. The molecule has 0 aromatic heterocycles. The molecule has 1 aromatic rings. The molecule has 2 amide bonds. The van der Waals surface area contributed by atoms with Gasteiger partial charge < -0.3 is 19.3 Å². The number of hydrogen-bond donors (Lipinski definition) is 0. The van der Waals surface area contributed by atoms with Gasteiger partial charge in [-0.05, 0) is 25.0 Å². The van der Waals surface area contributed by atoms with Gasteiger partial charge in [-0.25, -0.2) is 0 Å². The van der Waals surface area contributed by atoms with E-state index in [0.29, 0.717) is 31.9 Å². The molecule has 0 saturated carbocycles. The van der Waals surface area contributed by atoms with E-state index in [2.05, 4.69) is 0 Å². The maximum Gasteiger partial charge on any atom is 0.242 e. The van der Waals surface area contributed by atoms with E-state index >= 15 is 0 Å². The minimum absolute atomic E-state index is 0.0623. The van der Waals surface area contributed by atoms with Crippen LogP contribution in [-0.2, 0) is 9.59 Å². The first-order valence-corrected chi connectivity index (χ1v) is 8.53. The van der Waals surface area contributed by atoms with E-state index < -0.39 is 0 Å². The first kappa shape index (κ1) is 16.6. The molecule has 3 rings (SSSR count). The minimum Gasteiger partial charge on any atom is -0.486 e. The van der Waals surface area contributed by atoms with Crippen molar-refractivity contribution in [2.75, 3.05) is 33.3 Å². The second-order valence-electron chi connectivity index (χ2n) is 6.40. The van der Waals surface area contributed by atoms with Crippen LogP contribution >= 0.6 is 0 Å². The molecule has 2 aliphatic heterocycles. The Morgan fingerprint density at radius 1 is 1.25 bits per heavy atom. The first-order chi connectivity index (χ1) is 11.6. The molecule has 130 valence electrons. The lowest BCUT2D eigenvalue weighted by molar-refractivity contribution is -0.140. The number of rotatable bonds is 4. The lowest BCUT2D eigenvalue weighted by Gasteiger charge is -2.30. The summed E-state index contributed by atoms with van der Waals surface area (Å²) >= 11 is 0. The highest BCUT2D eigenvalue weighted by Gasteiger charge is 2.25. The van der Waals surface area contributed by atoms with Crippen molar-refractivity contribution in [2.45, 2.75) is 31.8 Å². The molecular weight excluding hydrogens is 308 g/mol. The summed E-state index contributed by atoms with van der Waals surface area (Å²) < 4.78 is 11.6. The van der Waals surface area contributed by atoms with Crippen LogP contribution in [0.3, 0.4) is 0 Å².